The first kappa shape index (κ1) is 27.1. The van der Waals surface area contributed by atoms with Gasteiger partial charge in [-0.25, -0.2) is 29.0 Å². The molecule has 1 unspecified atom stereocenters. The Morgan fingerprint density at radius 1 is 0.735 bits per heavy atom. The third-order valence-corrected chi connectivity index (χ3v) is 5.66. The van der Waals surface area contributed by atoms with Crippen molar-refractivity contribution in [1.29, 1.82) is 0 Å². The molecule has 2 aliphatic rings. The zero-order valence-electron chi connectivity index (χ0n) is 20.6. The zero-order chi connectivity index (χ0) is 25.6. The van der Waals surface area contributed by atoms with Gasteiger partial charge in [0.05, 0.1) is 13.1 Å². The van der Waals surface area contributed by atoms with E-state index >= 15 is 0 Å². The number of urea groups is 4. The highest BCUT2D eigenvalue weighted by molar-refractivity contribution is 6.06. The van der Waals surface area contributed by atoms with Gasteiger partial charge in [0.2, 0.25) is 11.8 Å². The van der Waals surface area contributed by atoms with Crippen molar-refractivity contribution >= 4 is 35.9 Å². The number of nitrogens with zero attached hydrogens (tertiary/aromatic N) is 4. The Hall–Kier alpha value is -3.18. The molecule has 0 spiro atoms. The van der Waals surface area contributed by atoms with Gasteiger partial charge in [-0.05, 0) is 18.3 Å². The largest absolute Gasteiger partial charge is 0.337 e. The lowest BCUT2D eigenvalue weighted by atomic mass is 10.00. The summed E-state index contributed by atoms with van der Waals surface area (Å²) in [6, 6.07) is -2.56. The lowest BCUT2D eigenvalue weighted by molar-refractivity contribution is -0.137. The molecule has 0 bridgehead atoms. The number of hydrogen-bond acceptors (Lipinski definition) is 6. The molecule has 2 N–H and O–H groups in total. The van der Waals surface area contributed by atoms with Crippen LogP contribution in [0.2, 0.25) is 0 Å². The topological polar surface area (TPSA) is 139 Å². The summed E-state index contributed by atoms with van der Waals surface area (Å²) in [4.78, 5) is 79.4. The number of imide groups is 4. The van der Waals surface area contributed by atoms with Crippen LogP contribution in [0.25, 0.3) is 0 Å². The van der Waals surface area contributed by atoms with Crippen molar-refractivity contribution in [1.82, 2.24) is 30.2 Å². The molecule has 2 heterocycles. The van der Waals surface area contributed by atoms with Crippen LogP contribution in [0, 0.1) is 17.8 Å². The predicted molar refractivity (Wildman–Crippen MR) is 123 cm³/mol. The average Bonchev–Trinajstić information content (AvgIpc) is 3.36. The van der Waals surface area contributed by atoms with Crippen molar-refractivity contribution in [2.24, 2.45) is 17.8 Å². The summed E-state index contributed by atoms with van der Waals surface area (Å²) in [5, 5.41) is 5.30. The van der Waals surface area contributed by atoms with Gasteiger partial charge in [-0.1, -0.05) is 34.6 Å². The minimum Gasteiger partial charge on any atom is -0.337 e. The van der Waals surface area contributed by atoms with Gasteiger partial charge >= 0.3 is 24.1 Å². The van der Waals surface area contributed by atoms with E-state index in [9.17, 15) is 28.8 Å². The van der Waals surface area contributed by atoms with Crippen LogP contribution in [0.3, 0.4) is 0 Å². The minimum atomic E-state index is -0.827. The Morgan fingerprint density at radius 2 is 1.15 bits per heavy atom. The van der Waals surface area contributed by atoms with E-state index in [0.29, 0.717) is 13.1 Å². The number of rotatable bonds is 8. The smallest absolute Gasteiger partial charge is 0.334 e. The molecule has 0 aromatic carbocycles. The number of nitrogens with one attached hydrogen (secondary N) is 2. The van der Waals surface area contributed by atoms with Crippen molar-refractivity contribution < 1.29 is 28.8 Å². The summed E-state index contributed by atoms with van der Waals surface area (Å²) in [5.41, 5.74) is 0. The van der Waals surface area contributed by atoms with E-state index in [1.807, 2.05) is 27.7 Å². The van der Waals surface area contributed by atoms with Gasteiger partial charge in [0.1, 0.15) is 0 Å². The normalized spacial score (nSPS) is 17.1. The van der Waals surface area contributed by atoms with E-state index < -0.39 is 41.9 Å². The number of amides is 10. The molecule has 2 rings (SSSR count). The first-order valence-corrected chi connectivity index (χ1v) is 11.8. The second kappa shape index (κ2) is 11.8. The highest BCUT2D eigenvalue weighted by Crippen LogP contribution is 2.20. The zero-order valence-corrected chi connectivity index (χ0v) is 20.6. The number of carbonyl (C=O) groups excluding carboxylic acids is 6. The third-order valence-electron chi connectivity index (χ3n) is 5.66. The van der Waals surface area contributed by atoms with Gasteiger partial charge in [-0.15, -0.1) is 0 Å². The molecule has 12 nitrogen and oxygen atoms in total. The fraction of sp³-hybridized carbons (Fsp3) is 0.727. The number of carbonyl (C=O) groups is 6. The van der Waals surface area contributed by atoms with Crippen molar-refractivity contribution in [3.8, 4) is 0 Å². The van der Waals surface area contributed by atoms with Crippen molar-refractivity contribution in [3.63, 3.8) is 0 Å². The standard InChI is InChI=1S/C22H36N6O6/c1-6-16(18(30)26-8-10-28(22(26)34)20(32)24-13-15(4)5)11-17(29)25-7-9-27(21(25)33)19(31)23-12-14(2)3/h14-16H,6-13H2,1-5H3,(H,23,31)(H,24,32). The Bertz CT molecular complexity index is 829. The Balaban J connectivity index is 1.95. The molecule has 0 radical (unpaired) electrons. The first-order chi connectivity index (χ1) is 16.0. The van der Waals surface area contributed by atoms with Crippen molar-refractivity contribution in [3.05, 3.63) is 0 Å². The predicted octanol–water partition coefficient (Wildman–Crippen LogP) is 1.66. The van der Waals surface area contributed by atoms with Crippen LogP contribution in [0.4, 0.5) is 19.2 Å². The van der Waals surface area contributed by atoms with Crippen LogP contribution in [0.15, 0.2) is 0 Å². The Kier molecular flexibility index (Phi) is 9.39. The molecule has 10 amide bonds. The van der Waals surface area contributed by atoms with Gasteiger partial charge in [-0.2, -0.15) is 0 Å². The molecule has 12 heteroatoms. The third kappa shape index (κ3) is 6.45. The second-order valence-electron chi connectivity index (χ2n) is 9.37. The second-order valence-corrected chi connectivity index (χ2v) is 9.37. The molecule has 2 saturated heterocycles. The van der Waals surface area contributed by atoms with E-state index in [4.69, 9.17) is 0 Å². The molecule has 190 valence electrons. The summed E-state index contributed by atoms with van der Waals surface area (Å²) in [6.45, 7) is 10.4. The molecule has 0 saturated carbocycles. The summed E-state index contributed by atoms with van der Waals surface area (Å²) in [6.07, 6.45) is 0.000368. The molecular weight excluding hydrogens is 444 g/mol. The lowest BCUT2D eigenvalue weighted by Crippen LogP contribution is -2.47. The van der Waals surface area contributed by atoms with Gasteiger partial charge in [-0.3, -0.25) is 19.4 Å². The minimum absolute atomic E-state index is 0.0455. The maximum absolute atomic E-state index is 13.0. The van der Waals surface area contributed by atoms with Crippen LogP contribution >= 0.6 is 0 Å². The molecule has 2 fully saturated rings. The Labute approximate surface area is 199 Å². The van der Waals surface area contributed by atoms with E-state index in [1.165, 1.54) is 0 Å². The van der Waals surface area contributed by atoms with Crippen molar-refractivity contribution in [2.75, 3.05) is 39.3 Å². The molecule has 34 heavy (non-hydrogen) atoms. The summed E-state index contributed by atoms with van der Waals surface area (Å²) < 4.78 is 0. The average molecular weight is 481 g/mol. The van der Waals surface area contributed by atoms with Crippen LogP contribution in [-0.2, 0) is 9.59 Å². The van der Waals surface area contributed by atoms with E-state index in [1.54, 1.807) is 6.92 Å². The van der Waals surface area contributed by atoms with Crippen molar-refractivity contribution in [2.45, 2.75) is 47.5 Å². The monoisotopic (exact) mass is 480 g/mol. The van der Waals surface area contributed by atoms with Gasteiger partial charge in [0, 0.05) is 38.5 Å². The fourth-order valence-corrected chi connectivity index (χ4v) is 3.61. The van der Waals surface area contributed by atoms with Crippen LogP contribution in [0.1, 0.15) is 47.5 Å². The SMILES string of the molecule is CCC(CC(=O)N1CCN(C(=O)NCC(C)C)C1=O)C(=O)N1CCN(C(=O)NCC(C)C)C1=O. The molecule has 1 atom stereocenters. The van der Waals surface area contributed by atoms with Crippen LogP contribution in [0.5, 0.6) is 0 Å². The quantitative estimate of drug-likeness (QED) is 0.542. The maximum atomic E-state index is 13.0. The molecule has 0 aromatic heterocycles. The molecule has 0 aliphatic carbocycles. The van der Waals surface area contributed by atoms with Gasteiger partial charge in [0.15, 0.2) is 0 Å². The van der Waals surface area contributed by atoms with Gasteiger partial charge in [0.25, 0.3) is 0 Å². The first-order valence-electron chi connectivity index (χ1n) is 11.8. The molecule has 2 aliphatic heterocycles. The maximum Gasteiger partial charge on any atom is 0.334 e. The summed E-state index contributed by atoms with van der Waals surface area (Å²) in [5.74, 6) is -1.55. The van der Waals surface area contributed by atoms with Gasteiger partial charge < -0.3 is 10.6 Å². The highest BCUT2D eigenvalue weighted by Gasteiger charge is 2.42. The Morgan fingerprint density at radius 3 is 1.59 bits per heavy atom. The van der Waals surface area contributed by atoms with E-state index in [2.05, 4.69) is 10.6 Å². The van der Waals surface area contributed by atoms with E-state index in [0.717, 1.165) is 19.6 Å². The highest BCUT2D eigenvalue weighted by atomic mass is 16.2. The lowest BCUT2D eigenvalue weighted by Gasteiger charge is -2.23. The molecular formula is C22H36N6O6. The van der Waals surface area contributed by atoms with Crippen LogP contribution < -0.4 is 10.6 Å². The molecule has 0 aromatic rings. The fourth-order valence-electron chi connectivity index (χ4n) is 3.61. The summed E-state index contributed by atoms with van der Waals surface area (Å²) in [7, 11) is 0. The number of hydrogen-bond donors (Lipinski definition) is 2. The van der Waals surface area contributed by atoms with E-state index in [-0.39, 0.29) is 50.9 Å². The van der Waals surface area contributed by atoms with Crippen LogP contribution in [-0.4, -0.2) is 94.8 Å². The summed E-state index contributed by atoms with van der Waals surface area (Å²) >= 11 is 0.